The van der Waals surface area contributed by atoms with Gasteiger partial charge in [-0.05, 0) is 64.3 Å². The highest BCUT2D eigenvalue weighted by atomic mass is 32.2. The second-order valence-electron chi connectivity index (χ2n) is 9.13. The molecule has 0 fully saturated rings. The molecular weight excluding hydrogens is 450 g/mol. The fourth-order valence-electron chi connectivity index (χ4n) is 3.78. The third-order valence-electron chi connectivity index (χ3n) is 5.48. The summed E-state index contributed by atoms with van der Waals surface area (Å²) in [6, 6.07) is 14.4. The second kappa shape index (κ2) is 12.0. The number of hydrogen-bond acceptors (Lipinski definition) is 4. The predicted molar refractivity (Wildman–Crippen MR) is 137 cm³/mol. The average Bonchev–Trinajstić information content (AvgIpc) is 2.73. The molecule has 2 amide bonds. The molecule has 34 heavy (non-hydrogen) atoms. The standard InChI is InChI=1S/C26H37N3O4S/c1-19(2)27-26(31)22(5)28(18-23-12-7-10-20(3)16-23)25(30)14-9-15-29(34(6,32)33)24-13-8-11-21(4)17-24/h7-8,10-13,16-17,19,22H,9,14-15,18H2,1-6H3,(H,27,31)/t22-/m1/s1. The zero-order chi connectivity index (χ0) is 25.5. The normalized spacial score (nSPS) is 12.3. The summed E-state index contributed by atoms with van der Waals surface area (Å²) >= 11 is 0. The largest absolute Gasteiger partial charge is 0.352 e. The summed E-state index contributed by atoms with van der Waals surface area (Å²) in [5.74, 6) is -0.404. The van der Waals surface area contributed by atoms with Gasteiger partial charge in [-0.1, -0.05) is 42.0 Å². The number of nitrogens with one attached hydrogen (secondary N) is 1. The highest BCUT2D eigenvalue weighted by Gasteiger charge is 2.27. The van der Waals surface area contributed by atoms with Crippen molar-refractivity contribution in [1.82, 2.24) is 10.2 Å². The minimum atomic E-state index is -3.51. The number of carbonyl (C=O) groups is 2. The lowest BCUT2D eigenvalue weighted by Gasteiger charge is -2.30. The summed E-state index contributed by atoms with van der Waals surface area (Å²) in [4.78, 5) is 27.5. The topological polar surface area (TPSA) is 86.8 Å². The predicted octanol–water partition coefficient (Wildman–Crippen LogP) is 3.79. The van der Waals surface area contributed by atoms with Crippen LogP contribution in [0.25, 0.3) is 0 Å². The van der Waals surface area contributed by atoms with Gasteiger partial charge in [0.2, 0.25) is 21.8 Å². The number of carbonyl (C=O) groups excluding carboxylic acids is 2. The number of aryl methyl sites for hydroxylation is 2. The van der Waals surface area contributed by atoms with Crippen molar-refractivity contribution in [3.63, 3.8) is 0 Å². The maximum absolute atomic E-state index is 13.3. The van der Waals surface area contributed by atoms with Crippen molar-refractivity contribution in [3.05, 3.63) is 65.2 Å². The van der Waals surface area contributed by atoms with Gasteiger partial charge in [0.05, 0.1) is 11.9 Å². The van der Waals surface area contributed by atoms with Crippen LogP contribution >= 0.6 is 0 Å². The molecule has 0 aromatic heterocycles. The number of benzene rings is 2. The lowest BCUT2D eigenvalue weighted by Crippen LogP contribution is -2.49. The molecule has 0 radical (unpaired) electrons. The van der Waals surface area contributed by atoms with E-state index in [1.807, 2.05) is 70.2 Å². The highest BCUT2D eigenvalue weighted by molar-refractivity contribution is 7.92. The third kappa shape index (κ3) is 8.17. The Bertz CT molecular complexity index is 1100. The molecule has 0 bridgehead atoms. The third-order valence-corrected chi connectivity index (χ3v) is 6.67. The van der Waals surface area contributed by atoms with Crippen LogP contribution in [0.15, 0.2) is 48.5 Å². The van der Waals surface area contributed by atoms with Crippen LogP contribution in [0.5, 0.6) is 0 Å². The fourth-order valence-corrected chi connectivity index (χ4v) is 4.74. The Morgan fingerprint density at radius 2 is 1.59 bits per heavy atom. The van der Waals surface area contributed by atoms with E-state index in [2.05, 4.69) is 5.32 Å². The van der Waals surface area contributed by atoms with E-state index in [1.54, 1.807) is 17.9 Å². The van der Waals surface area contributed by atoms with Gasteiger partial charge >= 0.3 is 0 Å². The number of anilines is 1. The Morgan fingerprint density at radius 1 is 0.971 bits per heavy atom. The number of nitrogens with zero attached hydrogens (tertiary/aromatic N) is 2. The van der Waals surface area contributed by atoms with E-state index in [-0.39, 0.29) is 30.8 Å². The Labute approximate surface area is 204 Å². The van der Waals surface area contributed by atoms with Crippen LogP contribution in [0.3, 0.4) is 0 Å². The van der Waals surface area contributed by atoms with Crippen molar-refractivity contribution in [2.75, 3.05) is 17.1 Å². The molecule has 2 aromatic carbocycles. The van der Waals surface area contributed by atoms with Crippen molar-refractivity contribution >= 4 is 27.5 Å². The monoisotopic (exact) mass is 487 g/mol. The van der Waals surface area contributed by atoms with Gasteiger partial charge in [0.1, 0.15) is 6.04 Å². The first kappa shape index (κ1) is 27.4. The van der Waals surface area contributed by atoms with Gasteiger partial charge < -0.3 is 10.2 Å². The van der Waals surface area contributed by atoms with E-state index in [1.165, 1.54) is 10.6 Å². The van der Waals surface area contributed by atoms with E-state index >= 15 is 0 Å². The summed E-state index contributed by atoms with van der Waals surface area (Å²) < 4.78 is 26.1. The lowest BCUT2D eigenvalue weighted by molar-refractivity contribution is -0.140. The van der Waals surface area contributed by atoms with Crippen LogP contribution in [0, 0.1) is 13.8 Å². The first-order valence-electron chi connectivity index (χ1n) is 11.6. The molecule has 7 nitrogen and oxygen atoms in total. The average molecular weight is 488 g/mol. The molecule has 2 rings (SSSR count). The zero-order valence-corrected chi connectivity index (χ0v) is 21.9. The van der Waals surface area contributed by atoms with Crippen LogP contribution in [-0.2, 0) is 26.2 Å². The molecule has 0 aliphatic heterocycles. The van der Waals surface area contributed by atoms with Crippen molar-refractivity contribution < 1.29 is 18.0 Å². The maximum Gasteiger partial charge on any atom is 0.242 e. The molecule has 8 heteroatoms. The summed E-state index contributed by atoms with van der Waals surface area (Å²) in [6.45, 7) is 9.85. The molecule has 186 valence electrons. The Kier molecular flexibility index (Phi) is 9.67. The Balaban J connectivity index is 2.17. The fraction of sp³-hybridized carbons (Fsp3) is 0.462. The summed E-state index contributed by atoms with van der Waals surface area (Å²) in [5, 5.41) is 2.88. The SMILES string of the molecule is Cc1cccc(CN(C(=O)CCCN(c2cccc(C)c2)S(C)(=O)=O)[C@H](C)C(=O)NC(C)C)c1. The van der Waals surface area contributed by atoms with Gasteiger partial charge in [-0.2, -0.15) is 0 Å². The van der Waals surface area contributed by atoms with Crippen LogP contribution < -0.4 is 9.62 Å². The van der Waals surface area contributed by atoms with Gasteiger partial charge in [-0.15, -0.1) is 0 Å². The van der Waals surface area contributed by atoms with Gasteiger partial charge in [0.15, 0.2) is 0 Å². The van der Waals surface area contributed by atoms with Crippen molar-refractivity contribution in [1.29, 1.82) is 0 Å². The number of hydrogen-bond donors (Lipinski definition) is 1. The van der Waals surface area contributed by atoms with Crippen LogP contribution in [-0.4, -0.2) is 50.0 Å². The van der Waals surface area contributed by atoms with E-state index in [0.29, 0.717) is 18.7 Å². The Hall–Kier alpha value is -2.87. The molecule has 0 unspecified atom stereocenters. The first-order valence-corrected chi connectivity index (χ1v) is 13.4. The van der Waals surface area contributed by atoms with E-state index in [4.69, 9.17) is 0 Å². The maximum atomic E-state index is 13.3. The smallest absolute Gasteiger partial charge is 0.242 e. The first-order chi connectivity index (χ1) is 15.9. The molecule has 1 atom stereocenters. The van der Waals surface area contributed by atoms with Gasteiger partial charge in [0, 0.05) is 25.6 Å². The lowest BCUT2D eigenvalue weighted by atomic mass is 10.1. The second-order valence-corrected chi connectivity index (χ2v) is 11.0. The van der Waals surface area contributed by atoms with Crippen LogP contribution in [0.1, 0.15) is 50.3 Å². The van der Waals surface area contributed by atoms with E-state index in [9.17, 15) is 18.0 Å². The molecule has 0 saturated carbocycles. The van der Waals surface area contributed by atoms with Crippen LogP contribution in [0.2, 0.25) is 0 Å². The number of sulfonamides is 1. The van der Waals surface area contributed by atoms with Crippen molar-refractivity contribution in [2.45, 2.75) is 66.1 Å². The summed E-state index contributed by atoms with van der Waals surface area (Å²) in [6.07, 6.45) is 1.63. The zero-order valence-electron chi connectivity index (χ0n) is 21.0. The summed E-state index contributed by atoms with van der Waals surface area (Å²) in [5.41, 5.74) is 3.55. The quantitative estimate of drug-likeness (QED) is 0.522. The molecule has 0 heterocycles. The van der Waals surface area contributed by atoms with Crippen molar-refractivity contribution in [2.24, 2.45) is 0 Å². The number of rotatable bonds is 11. The molecule has 0 saturated heterocycles. The molecule has 0 aliphatic rings. The molecule has 2 aromatic rings. The minimum absolute atomic E-state index is 0.0384. The van der Waals surface area contributed by atoms with E-state index < -0.39 is 16.1 Å². The van der Waals surface area contributed by atoms with Crippen LogP contribution in [0.4, 0.5) is 5.69 Å². The van der Waals surface area contributed by atoms with Gasteiger partial charge in [-0.25, -0.2) is 8.42 Å². The van der Waals surface area contributed by atoms with Gasteiger partial charge in [0.25, 0.3) is 0 Å². The molecule has 1 N–H and O–H groups in total. The van der Waals surface area contributed by atoms with Gasteiger partial charge in [-0.3, -0.25) is 13.9 Å². The molecular formula is C26H37N3O4S. The molecule has 0 spiro atoms. The molecule has 0 aliphatic carbocycles. The van der Waals surface area contributed by atoms with E-state index in [0.717, 1.165) is 16.7 Å². The van der Waals surface area contributed by atoms with Crippen molar-refractivity contribution in [3.8, 4) is 0 Å². The number of amides is 2. The minimum Gasteiger partial charge on any atom is -0.352 e. The Morgan fingerprint density at radius 3 is 2.15 bits per heavy atom. The highest BCUT2D eigenvalue weighted by Crippen LogP contribution is 2.20. The summed E-state index contributed by atoms with van der Waals surface area (Å²) in [7, 11) is -3.51.